The number of halogens is 2. The van der Waals surface area contributed by atoms with Crippen molar-refractivity contribution in [3.05, 3.63) is 27.1 Å². The van der Waals surface area contributed by atoms with E-state index >= 15 is 0 Å². The molecule has 1 aromatic carbocycles. The molecule has 0 aromatic heterocycles. The fourth-order valence-corrected chi connectivity index (χ4v) is 5.34. The van der Waals surface area contributed by atoms with Crippen molar-refractivity contribution in [2.24, 2.45) is 5.92 Å². The molecular formula is C12H13Br2NO4S. The maximum Gasteiger partial charge on any atom is 0.310 e. The molecule has 0 bridgehead atoms. The van der Waals surface area contributed by atoms with Gasteiger partial charge in [0.15, 0.2) is 0 Å². The van der Waals surface area contributed by atoms with Gasteiger partial charge in [-0.2, -0.15) is 4.31 Å². The average Bonchev–Trinajstić information content (AvgIpc) is 2.87. The van der Waals surface area contributed by atoms with Crippen molar-refractivity contribution in [3.8, 4) is 0 Å². The fraction of sp³-hybridized carbons (Fsp3) is 0.417. The van der Waals surface area contributed by atoms with Gasteiger partial charge < -0.3 is 4.74 Å². The molecule has 1 unspecified atom stereocenters. The van der Waals surface area contributed by atoms with Crippen LogP contribution in [0, 0.1) is 5.92 Å². The summed E-state index contributed by atoms with van der Waals surface area (Å²) in [6.45, 7) is 0.488. The van der Waals surface area contributed by atoms with Crippen LogP contribution < -0.4 is 0 Å². The largest absolute Gasteiger partial charge is 0.469 e. The van der Waals surface area contributed by atoms with Crippen molar-refractivity contribution >= 4 is 47.9 Å². The van der Waals surface area contributed by atoms with Gasteiger partial charge in [-0.05, 0) is 40.5 Å². The Morgan fingerprint density at radius 1 is 1.40 bits per heavy atom. The third-order valence-corrected chi connectivity index (χ3v) is 6.53. The van der Waals surface area contributed by atoms with E-state index in [9.17, 15) is 13.2 Å². The summed E-state index contributed by atoms with van der Waals surface area (Å²) < 4.78 is 32.4. The normalized spacial score (nSPS) is 20.1. The number of esters is 1. The summed E-state index contributed by atoms with van der Waals surface area (Å²) in [5.74, 6) is -0.749. The van der Waals surface area contributed by atoms with Crippen LogP contribution in [0.5, 0.6) is 0 Å². The van der Waals surface area contributed by atoms with Crippen LogP contribution in [0.4, 0.5) is 0 Å². The number of ether oxygens (including phenoxy) is 1. The molecule has 0 spiro atoms. The molecule has 2 rings (SSSR count). The molecule has 8 heteroatoms. The molecule has 5 nitrogen and oxygen atoms in total. The molecule has 1 fully saturated rings. The molecule has 1 saturated heterocycles. The number of sulfonamides is 1. The smallest absolute Gasteiger partial charge is 0.310 e. The van der Waals surface area contributed by atoms with Crippen LogP contribution in [-0.2, 0) is 19.6 Å². The first kappa shape index (κ1) is 15.9. The predicted octanol–water partition coefficient (Wildman–Crippen LogP) is 2.40. The molecule has 1 atom stereocenters. The highest BCUT2D eigenvalue weighted by Crippen LogP contribution is 2.31. The summed E-state index contributed by atoms with van der Waals surface area (Å²) in [6, 6.07) is 4.89. The van der Waals surface area contributed by atoms with Crippen molar-refractivity contribution in [2.45, 2.75) is 11.3 Å². The van der Waals surface area contributed by atoms with E-state index < -0.39 is 10.0 Å². The van der Waals surface area contributed by atoms with Gasteiger partial charge in [-0.3, -0.25) is 4.79 Å². The summed E-state index contributed by atoms with van der Waals surface area (Å²) in [6.07, 6.45) is 0.486. The highest BCUT2D eigenvalue weighted by Gasteiger charge is 2.37. The minimum atomic E-state index is -3.60. The molecule has 1 aromatic rings. The Kier molecular flexibility index (Phi) is 4.88. The number of carbonyl (C=O) groups excluding carboxylic acids is 1. The van der Waals surface area contributed by atoms with Gasteiger partial charge in [-0.15, -0.1) is 0 Å². The van der Waals surface area contributed by atoms with Crippen LogP contribution in [0.1, 0.15) is 6.42 Å². The van der Waals surface area contributed by atoms with Crippen LogP contribution in [-0.4, -0.2) is 38.9 Å². The molecule has 1 heterocycles. The average molecular weight is 427 g/mol. The number of benzene rings is 1. The number of methoxy groups -OCH3 is 1. The van der Waals surface area contributed by atoms with E-state index in [0.717, 1.165) is 4.47 Å². The molecule has 1 aliphatic heterocycles. The lowest BCUT2D eigenvalue weighted by Crippen LogP contribution is -2.30. The number of hydrogen-bond acceptors (Lipinski definition) is 4. The lowest BCUT2D eigenvalue weighted by Gasteiger charge is -2.17. The van der Waals surface area contributed by atoms with E-state index in [1.54, 1.807) is 12.1 Å². The molecule has 110 valence electrons. The lowest BCUT2D eigenvalue weighted by molar-refractivity contribution is -0.144. The van der Waals surface area contributed by atoms with E-state index in [4.69, 9.17) is 0 Å². The van der Waals surface area contributed by atoms with Gasteiger partial charge in [-0.25, -0.2) is 8.42 Å². The predicted molar refractivity (Wildman–Crippen MR) is 80.7 cm³/mol. The number of rotatable bonds is 3. The highest BCUT2D eigenvalue weighted by atomic mass is 79.9. The molecular weight excluding hydrogens is 414 g/mol. The van der Waals surface area contributed by atoms with Crippen molar-refractivity contribution < 1.29 is 17.9 Å². The van der Waals surface area contributed by atoms with E-state index in [1.807, 2.05) is 0 Å². The molecule has 0 radical (unpaired) electrons. The van der Waals surface area contributed by atoms with Gasteiger partial charge >= 0.3 is 5.97 Å². The first-order chi connectivity index (χ1) is 9.36. The fourth-order valence-electron chi connectivity index (χ4n) is 2.13. The zero-order chi connectivity index (χ0) is 14.9. The van der Waals surface area contributed by atoms with Crippen LogP contribution in [0.15, 0.2) is 32.0 Å². The van der Waals surface area contributed by atoms with Crippen LogP contribution in [0.2, 0.25) is 0 Å². The highest BCUT2D eigenvalue weighted by molar-refractivity contribution is 9.11. The molecule has 1 aliphatic rings. The van der Waals surface area contributed by atoms with Gasteiger partial charge in [0.2, 0.25) is 10.0 Å². The second-order valence-corrected chi connectivity index (χ2v) is 8.12. The van der Waals surface area contributed by atoms with Gasteiger partial charge in [0.1, 0.15) is 0 Å². The second-order valence-electron chi connectivity index (χ2n) is 4.45. The summed E-state index contributed by atoms with van der Waals surface area (Å²) >= 11 is 6.55. The molecule has 20 heavy (non-hydrogen) atoms. The summed E-state index contributed by atoms with van der Waals surface area (Å²) in [4.78, 5) is 11.7. The zero-order valence-electron chi connectivity index (χ0n) is 10.7. The van der Waals surface area contributed by atoms with Crippen molar-refractivity contribution in [2.75, 3.05) is 20.2 Å². The van der Waals surface area contributed by atoms with E-state index in [1.165, 1.54) is 17.5 Å². The number of hydrogen-bond donors (Lipinski definition) is 0. The minimum Gasteiger partial charge on any atom is -0.469 e. The summed E-state index contributed by atoms with van der Waals surface area (Å²) in [7, 11) is -2.29. The topological polar surface area (TPSA) is 63.7 Å². The number of carbonyl (C=O) groups is 1. The van der Waals surface area contributed by atoms with Gasteiger partial charge in [-0.1, -0.05) is 15.9 Å². The van der Waals surface area contributed by atoms with E-state index in [0.29, 0.717) is 17.4 Å². The Balaban J connectivity index is 2.26. The van der Waals surface area contributed by atoms with Crippen molar-refractivity contribution in [3.63, 3.8) is 0 Å². The van der Waals surface area contributed by atoms with Crippen molar-refractivity contribution in [1.29, 1.82) is 0 Å². The maximum atomic E-state index is 12.6. The zero-order valence-corrected chi connectivity index (χ0v) is 14.7. The minimum absolute atomic E-state index is 0.164. The first-order valence-electron chi connectivity index (χ1n) is 5.89. The Hall–Kier alpha value is -0.440. The monoisotopic (exact) mass is 425 g/mol. The van der Waals surface area contributed by atoms with Crippen molar-refractivity contribution in [1.82, 2.24) is 4.31 Å². The third-order valence-electron chi connectivity index (χ3n) is 3.20. The third kappa shape index (κ3) is 3.08. The molecule has 0 saturated carbocycles. The lowest BCUT2D eigenvalue weighted by atomic mass is 10.1. The second kappa shape index (κ2) is 6.13. The molecule has 0 aliphatic carbocycles. The van der Waals surface area contributed by atoms with Crippen LogP contribution in [0.25, 0.3) is 0 Å². The Labute approximate surface area is 134 Å². The van der Waals surface area contributed by atoms with E-state index in [2.05, 4.69) is 36.6 Å². The first-order valence-corrected chi connectivity index (χ1v) is 8.92. The molecule has 0 amide bonds. The van der Waals surface area contributed by atoms with Gasteiger partial charge in [0.05, 0.1) is 17.9 Å². The number of nitrogens with zero attached hydrogens (tertiary/aromatic N) is 1. The summed E-state index contributed by atoms with van der Waals surface area (Å²) in [5.41, 5.74) is 0. The summed E-state index contributed by atoms with van der Waals surface area (Å²) in [5, 5.41) is 0. The van der Waals surface area contributed by atoms with Crippen LogP contribution >= 0.6 is 31.9 Å². The Morgan fingerprint density at radius 3 is 2.70 bits per heavy atom. The Bertz CT molecular complexity index is 632. The van der Waals surface area contributed by atoms with Gasteiger partial charge in [0, 0.05) is 22.0 Å². The van der Waals surface area contributed by atoms with Crippen LogP contribution in [0.3, 0.4) is 0 Å². The van der Waals surface area contributed by atoms with E-state index in [-0.39, 0.29) is 23.3 Å². The molecule has 0 N–H and O–H groups in total. The quantitative estimate of drug-likeness (QED) is 0.696. The SMILES string of the molecule is COC(=O)C1CCN(S(=O)(=O)c2ccc(Br)cc2Br)C1. The van der Waals surface area contributed by atoms with Gasteiger partial charge in [0.25, 0.3) is 0 Å². The maximum absolute atomic E-state index is 12.6. The standard InChI is InChI=1S/C12H13Br2NO4S/c1-19-12(16)8-4-5-15(7-8)20(17,18)11-3-2-9(13)6-10(11)14/h2-3,6,8H,4-5,7H2,1H3. The Morgan fingerprint density at radius 2 is 2.10 bits per heavy atom.